The molecule has 0 aliphatic carbocycles. The number of hydrogen-bond acceptors (Lipinski definition) is 5. The van der Waals surface area contributed by atoms with Gasteiger partial charge in [0.15, 0.2) is 3.92 Å². The van der Waals surface area contributed by atoms with Gasteiger partial charge in [0, 0.05) is 5.69 Å². The van der Waals surface area contributed by atoms with E-state index in [1.54, 1.807) is 6.20 Å². The number of aryl methyl sites for hydroxylation is 1. The predicted molar refractivity (Wildman–Crippen MR) is 56.7 cm³/mol. The fourth-order valence-electron chi connectivity index (χ4n) is 0.850. The van der Waals surface area contributed by atoms with Crippen LogP contribution in [-0.4, -0.2) is 15.2 Å². The summed E-state index contributed by atoms with van der Waals surface area (Å²) in [7, 11) is 0. The molecule has 14 heavy (non-hydrogen) atoms. The molecule has 4 nitrogen and oxygen atoms in total. The van der Waals surface area contributed by atoms with Crippen LogP contribution in [0.3, 0.4) is 0 Å². The van der Waals surface area contributed by atoms with Gasteiger partial charge in [-0.3, -0.25) is 4.98 Å². The molecular weight excluding hydrogens is 266 g/mol. The number of pyridine rings is 1. The second kappa shape index (κ2) is 4.02. The van der Waals surface area contributed by atoms with Crippen LogP contribution in [-0.2, 0) is 0 Å². The molecule has 0 saturated heterocycles. The van der Waals surface area contributed by atoms with Crippen LogP contribution in [0, 0.1) is 6.92 Å². The van der Waals surface area contributed by atoms with E-state index in [1.165, 1.54) is 11.3 Å². The van der Waals surface area contributed by atoms with Gasteiger partial charge in [0.1, 0.15) is 5.75 Å². The lowest BCUT2D eigenvalue weighted by Gasteiger charge is -1.99. The summed E-state index contributed by atoms with van der Waals surface area (Å²) < 4.78 is 6.11. The van der Waals surface area contributed by atoms with Crippen molar-refractivity contribution in [3.8, 4) is 10.9 Å². The minimum Gasteiger partial charge on any atom is -0.428 e. The monoisotopic (exact) mass is 271 g/mol. The Morgan fingerprint density at radius 2 is 2.21 bits per heavy atom. The van der Waals surface area contributed by atoms with Crippen molar-refractivity contribution in [1.82, 2.24) is 15.2 Å². The maximum atomic E-state index is 5.41. The van der Waals surface area contributed by atoms with Crippen LogP contribution in [0.5, 0.6) is 10.9 Å². The van der Waals surface area contributed by atoms with Gasteiger partial charge in [-0.1, -0.05) is 5.10 Å². The number of rotatable bonds is 2. The average molecular weight is 272 g/mol. The summed E-state index contributed by atoms with van der Waals surface area (Å²) in [4.78, 5) is 4.10. The molecule has 0 unspecified atom stereocenters. The van der Waals surface area contributed by atoms with Crippen LogP contribution in [0.4, 0.5) is 0 Å². The molecule has 0 bridgehead atoms. The van der Waals surface area contributed by atoms with Gasteiger partial charge in [0.25, 0.3) is 5.19 Å². The van der Waals surface area contributed by atoms with E-state index in [9.17, 15) is 0 Å². The number of aromatic nitrogens is 3. The third-order valence-corrected chi connectivity index (χ3v) is 2.71. The summed E-state index contributed by atoms with van der Waals surface area (Å²) in [5.74, 6) is 0.666. The summed E-state index contributed by atoms with van der Waals surface area (Å²) in [6.07, 6.45) is 1.66. The molecule has 0 N–H and O–H groups in total. The van der Waals surface area contributed by atoms with Crippen LogP contribution in [0.25, 0.3) is 0 Å². The fraction of sp³-hybridized carbons (Fsp3) is 0.125. The molecular formula is C8H6BrN3OS. The summed E-state index contributed by atoms with van der Waals surface area (Å²) in [5, 5.41) is 8.08. The molecule has 2 aromatic heterocycles. The zero-order valence-electron chi connectivity index (χ0n) is 7.27. The first-order valence-electron chi connectivity index (χ1n) is 3.83. The summed E-state index contributed by atoms with van der Waals surface area (Å²) >= 11 is 4.54. The van der Waals surface area contributed by atoms with Crippen molar-refractivity contribution in [3.05, 3.63) is 27.9 Å². The number of halogens is 1. The van der Waals surface area contributed by atoms with Crippen LogP contribution in [0.2, 0.25) is 0 Å². The Balaban J connectivity index is 2.15. The fourth-order valence-corrected chi connectivity index (χ4v) is 1.79. The molecule has 72 valence electrons. The Kier molecular flexibility index (Phi) is 2.74. The molecule has 0 aliphatic rings. The molecule has 0 aliphatic heterocycles. The zero-order chi connectivity index (χ0) is 9.97. The van der Waals surface area contributed by atoms with Crippen molar-refractivity contribution in [2.45, 2.75) is 6.92 Å². The molecule has 2 rings (SSSR count). The van der Waals surface area contributed by atoms with E-state index in [0.717, 1.165) is 5.69 Å². The topological polar surface area (TPSA) is 47.9 Å². The molecule has 6 heteroatoms. The molecule has 0 fully saturated rings. The van der Waals surface area contributed by atoms with Gasteiger partial charge >= 0.3 is 0 Å². The first kappa shape index (κ1) is 9.54. The van der Waals surface area contributed by atoms with E-state index in [2.05, 4.69) is 31.1 Å². The van der Waals surface area contributed by atoms with Crippen LogP contribution in [0.1, 0.15) is 5.69 Å². The smallest absolute Gasteiger partial charge is 0.300 e. The lowest BCUT2D eigenvalue weighted by molar-refractivity contribution is 0.470. The van der Waals surface area contributed by atoms with E-state index in [0.29, 0.717) is 14.9 Å². The Hall–Kier alpha value is -1.01. The highest BCUT2D eigenvalue weighted by Crippen LogP contribution is 2.26. The quantitative estimate of drug-likeness (QED) is 0.843. The van der Waals surface area contributed by atoms with Crippen molar-refractivity contribution >= 4 is 27.3 Å². The highest BCUT2D eigenvalue weighted by Gasteiger charge is 2.03. The second-order valence-electron chi connectivity index (χ2n) is 2.56. The molecule has 0 radical (unpaired) electrons. The zero-order valence-corrected chi connectivity index (χ0v) is 9.67. The molecule has 0 spiro atoms. The van der Waals surface area contributed by atoms with Crippen molar-refractivity contribution in [3.63, 3.8) is 0 Å². The number of nitrogens with zero attached hydrogens (tertiary/aromatic N) is 3. The predicted octanol–water partition coefficient (Wildman–Crippen LogP) is 2.80. The molecule has 0 amide bonds. The average Bonchev–Trinajstić information content (AvgIpc) is 2.56. The first-order valence-corrected chi connectivity index (χ1v) is 5.44. The third kappa shape index (κ3) is 2.27. The first-order chi connectivity index (χ1) is 6.74. The maximum absolute atomic E-state index is 5.41. The van der Waals surface area contributed by atoms with E-state index in [4.69, 9.17) is 4.74 Å². The summed E-state index contributed by atoms with van der Waals surface area (Å²) in [5.41, 5.74) is 0.954. The number of ether oxygens (including phenoxy) is 1. The Morgan fingerprint density at radius 1 is 1.36 bits per heavy atom. The standard InChI is InChI=1S/C8H6BrN3OS/c1-5-2-3-6(4-10-5)13-8-12-11-7(9)14-8/h2-4H,1H3. The van der Waals surface area contributed by atoms with E-state index in [1.807, 2.05) is 19.1 Å². The van der Waals surface area contributed by atoms with E-state index >= 15 is 0 Å². The maximum Gasteiger partial charge on any atom is 0.300 e. The van der Waals surface area contributed by atoms with Gasteiger partial charge in [0.05, 0.1) is 6.20 Å². The molecule has 0 saturated carbocycles. The normalized spacial score (nSPS) is 10.1. The van der Waals surface area contributed by atoms with Gasteiger partial charge in [0.2, 0.25) is 0 Å². The SMILES string of the molecule is Cc1ccc(Oc2nnc(Br)s2)cn1. The van der Waals surface area contributed by atoms with Crippen LogP contribution < -0.4 is 4.74 Å². The van der Waals surface area contributed by atoms with Crippen LogP contribution in [0.15, 0.2) is 22.2 Å². The lowest BCUT2D eigenvalue weighted by atomic mass is 10.4. The molecule has 0 aromatic carbocycles. The van der Waals surface area contributed by atoms with Crippen LogP contribution >= 0.6 is 27.3 Å². The summed E-state index contributed by atoms with van der Waals surface area (Å²) in [6, 6.07) is 3.73. The van der Waals surface area contributed by atoms with Gasteiger partial charge in [-0.2, -0.15) is 0 Å². The van der Waals surface area contributed by atoms with Crippen molar-refractivity contribution in [1.29, 1.82) is 0 Å². The minimum atomic E-state index is 0.502. The summed E-state index contributed by atoms with van der Waals surface area (Å²) in [6.45, 7) is 1.92. The third-order valence-electron chi connectivity index (χ3n) is 1.47. The molecule has 2 aromatic rings. The Labute approximate surface area is 93.1 Å². The Bertz CT molecular complexity index is 428. The van der Waals surface area contributed by atoms with Gasteiger partial charge in [-0.05, 0) is 46.3 Å². The Morgan fingerprint density at radius 3 is 2.79 bits per heavy atom. The van der Waals surface area contributed by atoms with E-state index < -0.39 is 0 Å². The molecule has 0 atom stereocenters. The largest absolute Gasteiger partial charge is 0.428 e. The van der Waals surface area contributed by atoms with Crippen molar-refractivity contribution < 1.29 is 4.74 Å². The highest BCUT2D eigenvalue weighted by molar-refractivity contribution is 9.11. The van der Waals surface area contributed by atoms with Gasteiger partial charge in [-0.15, -0.1) is 5.10 Å². The van der Waals surface area contributed by atoms with Gasteiger partial charge in [-0.25, -0.2) is 0 Å². The highest BCUT2D eigenvalue weighted by atomic mass is 79.9. The number of hydrogen-bond donors (Lipinski definition) is 0. The van der Waals surface area contributed by atoms with Crippen molar-refractivity contribution in [2.24, 2.45) is 0 Å². The minimum absolute atomic E-state index is 0.502. The second-order valence-corrected chi connectivity index (χ2v) is 4.77. The van der Waals surface area contributed by atoms with Gasteiger partial charge < -0.3 is 4.74 Å². The molecule has 2 heterocycles. The lowest BCUT2D eigenvalue weighted by Crippen LogP contribution is -1.85. The van der Waals surface area contributed by atoms with E-state index in [-0.39, 0.29) is 0 Å². The van der Waals surface area contributed by atoms with Crippen molar-refractivity contribution in [2.75, 3.05) is 0 Å².